The first-order valence-corrected chi connectivity index (χ1v) is 6.69. The third kappa shape index (κ3) is 3.59. The molecule has 0 aliphatic carbocycles. The molecule has 1 aromatic rings. The molecule has 5 heteroatoms. The zero-order chi connectivity index (χ0) is 12.2. The average Bonchev–Trinajstić information content (AvgIpc) is 2.17. The summed E-state index contributed by atoms with van der Waals surface area (Å²) < 4.78 is 24.6. The van der Waals surface area contributed by atoms with Crippen molar-refractivity contribution in [2.45, 2.75) is 12.3 Å². The van der Waals surface area contributed by atoms with Crippen molar-refractivity contribution in [2.75, 3.05) is 21.1 Å². The third-order valence-electron chi connectivity index (χ3n) is 2.28. The molecular formula is C11H18N2O2S. The molecule has 90 valence electrons. The van der Waals surface area contributed by atoms with Crippen molar-refractivity contribution in [2.24, 2.45) is 0 Å². The van der Waals surface area contributed by atoms with Gasteiger partial charge in [-0.25, -0.2) is 12.7 Å². The van der Waals surface area contributed by atoms with Gasteiger partial charge in [0.15, 0.2) is 0 Å². The molecule has 0 aliphatic rings. The quantitative estimate of drug-likeness (QED) is 0.831. The number of rotatable bonds is 5. The van der Waals surface area contributed by atoms with Gasteiger partial charge in [-0.05, 0) is 18.2 Å². The highest BCUT2D eigenvalue weighted by Crippen LogP contribution is 2.10. The molecule has 0 amide bonds. The van der Waals surface area contributed by atoms with E-state index in [1.807, 2.05) is 31.3 Å². The molecule has 0 unspecified atom stereocenters. The largest absolute Gasteiger partial charge is 0.316 e. The van der Waals surface area contributed by atoms with Crippen molar-refractivity contribution in [3.05, 3.63) is 35.4 Å². The number of hydrogen-bond acceptors (Lipinski definition) is 3. The van der Waals surface area contributed by atoms with Crippen LogP contribution < -0.4 is 5.32 Å². The van der Waals surface area contributed by atoms with Crippen molar-refractivity contribution >= 4 is 10.0 Å². The average molecular weight is 242 g/mol. The van der Waals surface area contributed by atoms with Gasteiger partial charge in [-0.1, -0.05) is 24.3 Å². The summed E-state index contributed by atoms with van der Waals surface area (Å²) >= 11 is 0. The standard InChI is InChI=1S/C11H18N2O2S/c1-12-8-10-5-4-6-11(7-10)9-16(14,15)13(2)3/h4-7,12H,8-9H2,1-3H3. The van der Waals surface area contributed by atoms with Crippen LogP contribution in [0, 0.1) is 0 Å². The van der Waals surface area contributed by atoms with Crippen molar-refractivity contribution in [3.8, 4) is 0 Å². The summed E-state index contributed by atoms with van der Waals surface area (Å²) in [5.41, 5.74) is 1.91. The zero-order valence-electron chi connectivity index (χ0n) is 9.90. The molecular weight excluding hydrogens is 224 g/mol. The summed E-state index contributed by atoms with van der Waals surface area (Å²) in [7, 11) is 1.79. The van der Waals surface area contributed by atoms with E-state index in [9.17, 15) is 8.42 Å². The van der Waals surface area contributed by atoms with E-state index < -0.39 is 10.0 Å². The van der Waals surface area contributed by atoms with Crippen LogP contribution in [0.1, 0.15) is 11.1 Å². The molecule has 0 aliphatic heterocycles. The van der Waals surface area contributed by atoms with E-state index in [-0.39, 0.29) is 5.75 Å². The lowest BCUT2D eigenvalue weighted by molar-refractivity contribution is 0.519. The highest BCUT2D eigenvalue weighted by molar-refractivity contribution is 7.88. The van der Waals surface area contributed by atoms with E-state index in [4.69, 9.17) is 0 Å². The minimum Gasteiger partial charge on any atom is -0.316 e. The fourth-order valence-electron chi connectivity index (χ4n) is 1.37. The molecule has 0 heterocycles. The van der Waals surface area contributed by atoms with E-state index in [1.165, 1.54) is 4.31 Å². The van der Waals surface area contributed by atoms with E-state index in [2.05, 4.69) is 5.32 Å². The van der Waals surface area contributed by atoms with Crippen LogP contribution in [-0.4, -0.2) is 33.9 Å². The Labute approximate surface area is 97.3 Å². The summed E-state index contributed by atoms with van der Waals surface area (Å²) in [4.78, 5) is 0. The summed E-state index contributed by atoms with van der Waals surface area (Å²) in [6.45, 7) is 0.746. The van der Waals surface area contributed by atoms with Gasteiger partial charge in [0.2, 0.25) is 10.0 Å². The van der Waals surface area contributed by atoms with E-state index in [0.717, 1.165) is 17.7 Å². The van der Waals surface area contributed by atoms with Crippen molar-refractivity contribution in [1.29, 1.82) is 0 Å². The molecule has 0 saturated heterocycles. The monoisotopic (exact) mass is 242 g/mol. The topological polar surface area (TPSA) is 49.4 Å². The zero-order valence-corrected chi connectivity index (χ0v) is 10.7. The smallest absolute Gasteiger partial charge is 0.217 e. The number of nitrogens with zero attached hydrogens (tertiary/aromatic N) is 1. The van der Waals surface area contributed by atoms with Crippen LogP contribution in [0.25, 0.3) is 0 Å². The lowest BCUT2D eigenvalue weighted by atomic mass is 10.1. The normalized spacial score (nSPS) is 12.0. The molecule has 1 rings (SSSR count). The Hall–Kier alpha value is -0.910. The van der Waals surface area contributed by atoms with Crippen molar-refractivity contribution in [1.82, 2.24) is 9.62 Å². The fourth-order valence-corrected chi connectivity index (χ4v) is 2.23. The Bertz CT molecular complexity index is 441. The van der Waals surface area contributed by atoms with Gasteiger partial charge < -0.3 is 5.32 Å². The third-order valence-corrected chi connectivity index (χ3v) is 4.09. The first-order chi connectivity index (χ1) is 7.45. The molecule has 0 radical (unpaired) electrons. The molecule has 0 spiro atoms. The molecule has 0 saturated carbocycles. The minimum absolute atomic E-state index is 0.0531. The summed E-state index contributed by atoms with van der Waals surface area (Å²) in [6, 6.07) is 7.60. The van der Waals surface area contributed by atoms with Gasteiger partial charge >= 0.3 is 0 Å². The lowest BCUT2D eigenvalue weighted by Gasteiger charge is -2.11. The van der Waals surface area contributed by atoms with E-state index in [0.29, 0.717) is 0 Å². The van der Waals surface area contributed by atoms with Crippen LogP contribution in [0.5, 0.6) is 0 Å². The molecule has 0 fully saturated rings. The van der Waals surface area contributed by atoms with Crippen LogP contribution in [0.15, 0.2) is 24.3 Å². The molecule has 0 bridgehead atoms. The molecule has 0 aromatic heterocycles. The maximum Gasteiger partial charge on any atom is 0.217 e. The van der Waals surface area contributed by atoms with Gasteiger partial charge in [-0.2, -0.15) is 0 Å². The molecule has 4 nitrogen and oxygen atoms in total. The maximum atomic E-state index is 11.7. The Morgan fingerprint density at radius 2 is 1.88 bits per heavy atom. The van der Waals surface area contributed by atoms with Gasteiger partial charge in [0.05, 0.1) is 5.75 Å². The van der Waals surface area contributed by atoms with Crippen molar-refractivity contribution in [3.63, 3.8) is 0 Å². The highest BCUT2D eigenvalue weighted by atomic mass is 32.2. The Morgan fingerprint density at radius 1 is 1.25 bits per heavy atom. The number of sulfonamides is 1. The van der Waals surface area contributed by atoms with Crippen LogP contribution in [0.4, 0.5) is 0 Å². The summed E-state index contributed by atoms with van der Waals surface area (Å²) in [6.07, 6.45) is 0. The van der Waals surface area contributed by atoms with Crippen LogP contribution in [0.2, 0.25) is 0 Å². The fraction of sp³-hybridized carbons (Fsp3) is 0.455. The number of nitrogens with one attached hydrogen (secondary N) is 1. The molecule has 16 heavy (non-hydrogen) atoms. The Morgan fingerprint density at radius 3 is 2.44 bits per heavy atom. The second-order valence-electron chi connectivity index (χ2n) is 3.89. The lowest BCUT2D eigenvalue weighted by Crippen LogP contribution is -2.23. The van der Waals surface area contributed by atoms with Crippen LogP contribution in [0.3, 0.4) is 0 Å². The first kappa shape index (κ1) is 13.2. The van der Waals surface area contributed by atoms with E-state index >= 15 is 0 Å². The van der Waals surface area contributed by atoms with Crippen LogP contribution >= 0.6 is 0 Å². The second kappa shape index (κ2) is 5.43. The van der Waals surface area contributed by atoms with Gasteiger partial charge in [-0.15, -0.1) is 0 Å². The van der Waals surface area contributed by atoms with Gasteiger partial charge in [0.1, 0.15) is 0 Å². The minimum atomic E-state index is -3.17. The maximum absolute atomic E-state index is 11.7. The van der Waals surface area contributed by atoms with Crippen LogP contribution in [-0.2, 0) is 22.3 Å². The molecule has 0 atom stereocenters. The predicted molar refractivity (Wildman–Crippen MR) is 65.5 cm³/mol. The van der Waals surface area contributed by atoms with Gasteiger partial charge in [0, 0.05) is 20.6 Å². The molecule has 1 aromatic carbocycles. The number of benzene rings is 1. The highest BCUT2D eigenvalue weighted by Gasteiger charge is 2.14. The van der Waals surface area contributed by atoms with Gasteiger partial charge in [-0.3, -0.25) is 0 Å². The van der Waals surface area contributed by atoms with Crippen molar-refractivity contribution < 1.29 is 8.42 Å². The van der Waals surface area contributed by atoms with E-state index in [1.54, 1.807) is 14.1 Å². The molecule has 1 N–H and O–H groups in total. The second-order valence-corrected chi connectivity index (χ2v) is 6.07. The number of hydrogen-bond donors (Lipinski definition) is 1. The summed E-state index contributed by atoms with van der Waals surface area (Å²) in [5, 5.41) is 3.04. The Balaban J connectivity index is 2.86. The SMILES string of the molecule is CNCc1cccc(CS(=O)(=O)N(C)C)c1. The predicted octanol–water partition coefficient (Wildman–Crippen LogP) is 0.797. The van der Waals surface area contributed by atoms with Gasteiger partial charge in [0.25, 0.3) is 0 Å². The Kier molecular flexibility index (Phi) is 4.46. The summed E-state index contributed by atoms with van der Waals surface area (Å²) in [5.74, 6) is 0.0531. The first-order valence-electron chi connectivity index (χ1n) is 5.08.